The van der Waals surface area contributed by atoms with Crippen molar-refractivity contribution >= 4 is 5.96 Å². The maximum absolute atomic E-state index is 5.42. The average Bonchev–Trinajstić information content (AvgIpc) is 2.89. The van der Waals surface area contributed by atoms with Crippen molar-refractivity contribution in [1.82, 2.24) is 10.7 Å². The molecule has 0 aliphatic heterocycles. The van der Waals surface area contributed by atoms with Crippen LogP contribution in [0.15, 0.2) is 4.99 Å². The van der Waals surface area contributed by atoms with Crippen LogP contribution in [0.25, 0.3) is 0 Å². The van der Waals surface area contributed by atoms with E-state index in [1.165, 1.54) is 32.1 Å². The number of hydrazine groups is 1. The van der Waals surface area contributed by atoms with E-state index in [1.807, 2.05) is 0 Å². The van der Waals surface area contributed by atoms with Crippen LogP contribution in [0.5, 0.6) is 0 Å². The molecule has 2 rings (SSSR count). The van der Waals surface area contributed by atoms with Crippen LogP contribution in [0.1, 0.15) is 39.0 Å². The van der Waals surface area contributed by atoms with E-state index in [9.17, 15) is 0 Å². The lowest BCUT2D eigenvalue weighted by Crippen LogP contribution is -2.45. The molecule has 0 aromatic carbocycles. The number of hydrogen-bond acceptors (Lipinski definition) is 2. The lowest BCUT2D eigenvalue weighted by Gasteiger charge is -2.15. The van der Waals surface area contributed by atoms with Crippen molar-refractivity contribution < 1.29 is 0 Å². The largest absolute Gasteiger partial charge is 0.353 e. The summed E-state index contributed by atoms with van der Waals surface area (Å²) in [7, 11) is 0. The molecule has 4 nitrogen and oxygen atoms in total. The quantitative estimate of drug-likeness (QED) is 0.264. The van der Waals surface area contributed by atoms with Gasteiger partial charge in [-0.3, -0.25) is 5.43 Å². The van der Waals surface area contributed by atoms with Gasteiger partial charge in [0, 0.05) is 6.04 Å². The Balaban J connectivity index is 1.81. The fourth-order valence-electron chi connectivity index (χ4n) is 2.03. The zero-order chi connectivity index (χ0) is 9.97. The van der Waals surface area contributed by atoms with E-state index in [-0.39, 0.29) is 0 Å². The van der Waals surface area contributed by atoms with Gasteiger partial charge in [0.2, 0.25) is 5.96 Å². The lowest BCUT2D eigenvalue weighted by molar-refractivity contribution is 0.564. The molecule has 0 heterocycles. The van der Waals surface area contributed by atoms with Gasteiger partial charge in [-0.2, -0.15) is 0 Å². The second-order valence-corrected chi connectivity index (χ2v) is 4.61. The van der Waals surface area contributed by atoms with E-state index in [2.05, 4.69) is 22.7 Å². The fraction of sp³-hybridized carbons (Fsp3) is 0.900. The molecule has 80 valence electrons. The molecule has 0 aromatic heterocycles. The van der Waals surface area contributed by atoms with E-state index in [1.54, 1.807) is 0 Å². The van der Waals surface area contributed by atoms with Crippen molar-refractivity contribution in [3.63, 3.8) is 0 Å². The summed E-state index contributed by atoms with van der Waals surface area (Å²) in [5.74, 6) is 7.04. The molecule has 2 unspecified atom stereocenters. The minimum Gasteiger partial charge on any atom is -0.353 e. The highest BCUT2D eigenvalue weighted by Gasteiger charge is 2.24. The smallest absolute Gasteiger partial charge is 0.206 e. The average molecular weight is 196 g/mol. The number of guanidine groups is 1. The standard InChI is InChI=1S/C10H20N4/c1-7-2-3-9(6-7)13-10(14-11)12-8-4-5-8/h7-9H,2-6,11H2,1H3,(H2,12,13,14). The summed E-state index contributed by atoms with van der Waals surface area (Å²) in [5, 5.41) is 3.38. The van der Waals surface area contributed by atoms with Crippen LogP contribution in [0, 0.1) is 5.92 Å². The van der Waals surface area contributed by atoms with Crippen molar-refractivity contribution in [1.29, 1.82) is 0 Å². The Labute approximate surface area is 85.3 Å². The number of nitrogens with two attached hydrogens (primary N) is 1. The number of nitrogens with zero attached hydrogens (tertiary/aromatic N) is 1. The Kier molecular flexibility index (Phi) is 2.91. The Hall–Kier alpha value is -0.770. The predicted molar refractivity (Wildman–Crippen MR) is 57.7 cm³/mol. The van der Waals surface area contributed by atoms with Crippen LogP contribution in [0.2, 0.25) is 0 Å². The molecule has 0 saturated heterocycles. The summed E-state index contributed by atoms with van der Waals surface area (Å²) in [4.78, 5) is 4.46. The van der Waals surface area contributed by atoms with Gasteiger partial charge in [0.15, 0.2) is 0 Å². The maximum atomic E-state index is 5.42. The zero-order valence-electron chi connectivity index (χ0n) is 8.79. The third-order valence-corrected chi connectivity index (χ3v) is 3.03. The monoisotopic (exact) mass is 196 g/mol. The van der Waals surface area contributed by atoms with E-state index < -0.39 is 0 Å². The normalized spacial score (nSPS) is 33.1. The molecule has 0 aromatic rings. The molecule has 0 radical (unpaired) electrons. The minimum atomic E-state index is 0.521. The SMILES string of the molecule is CC1CCC(NC(=NC2CC2)NN)C1. The van der Waals surface area contributed by atoms with Crippen LogP contribution in [0.4, 0.5) is 0 Å². The molecule has 4 N–H and O–H groups in total. The van der Waals surface area contributed by atoms with Gasteiger partial charge in [0.1, 0.15) is 0 Å². The summed E-state index contributed by atoms with van der Waals surface area (Å²) in [6.45, 7) is 2.30. The highest BCUT2D eigenvalue weighted by molar-refractivity contribution is 5.79. The first-order valence-electron chi connectivity index (χ1n) is 5.59. The highest BCUT2D eigenvalue weighted by Crippen LogP contribution is 2.25. The molecule has 2 fully saturated rings. The molecule has 2 aliphatic carbocycles. The Morgan fingerprint density at radius 3 is 2.57 bits per heavy atom. The van der Waals surface area contributed by atoms with Crippen molar-refractivity contribution in [3.8, 4) is 0 Å². The molecule has 2 saturated carbocycles. The number of nitrogens with one attached hydrogen (secondary N) is 2. The third kappa shape index (κ3) is 2.61. The molecular formula is C10H20N4. The van der Waals surface area contributed by atoms with Crippen molar-refractivity contribution in [2.75, 3.05) is 0 Å². The van der Waals surface area contributed by atoms with E-state index >= 15 is 0 Å². The van der Waals surface area contributed by atoms with Gasteiger partial charge in [-0.05, 0) is 38.0 Å². The van der Waals surface area contributed by atoms with Gasteiger partial charge in [-0.25, -0.2) is 10.8 Å². The van der Waals surface area contributed by atoms with Gasteiger partial charge in [0.05, 0.1) is 6.04 Å². The number of hydrogen-bond donors (Lipinski definition) is 3. The molecule has 0 amide bonds. The fourth-order valence-corrected chi connectivity index (χ4v) is 2.03. The van der Waals surface area contributed by atoms with E-state index in [0.717, 1.165) is 11.9 Å². The summed E-state index contributed by atoms with van der Waals surface area (Å²) >= 11 is 0. The third-order valence-electron chi connectivity index (χ3n) is 3.03. The molecule has 4 heteroatoms. The molecule has 2 atom stereocenters. The predicted octanol–water partition coefficient (Wildman–Crippen LogP) is 0.746. The molecule has 0 bridgehead atoms. The van der Waals surface area contributed by atoms with Gasteiger partial charge in [-0.1, -0.05) is 6.92 Å². The van der Waals surface area contributed by atoms with Crippen LogP contribution < -0.4 is 16.6 Å². The first kappa shape index (κ1) is 9.77. The van der Waals surface area contributed by atoms with Crippen molar-refractivity contribution in [3.05, 3.63) is 0 Å². The van der Waals surface area contributed by atoms with Crippen LogP contribution in [-0.2, 0) is 0 Å². The van der Waals surface area contributed by atoms with Gasteiger partial charge in [0.25, 0.3) is 0 Å². The van der Waals surface area contributed by atoms with Crippen molar-refractivity contribution in [2.24, 2.45) is 16.8 Å². The van der Waals surface area contributed by atoms with Crippen LogP contribution >= 0.6 is 0 Å². The van der Waals surface area contributed by atoms with Crippen LogP contribution in [-0.4, -0.2) is 18.0 Å². The second-order valence-electron chi connectivity index (χ2n) is 4.61. The highest BCUT2D eigenvalue weighted by atomic mass is 15.3. The minimum absolute atomic E-state index is 0.521. The summed E-state index contributed by atoms with van der Waals surface area (Å²) in [6.07, 6.45) is 6.23. The van der Waals surface area contributed by atoms with Crippen LogP contribution in [0.3, 0.4) is 0 Å². The Bertz CT molecular complexity index is 222. The molecule has 0 spiro atoms. The second kappa shape index (κ2) is 4.17. The number of aliphatic imine (C=N–C) groups is 1. The first-order valence-corrected chi connectivity index (χ1v) is 5.59. The summed E-state index contributed by atoms with van der Waals surface area (Å²) in [6, 6.07) is 1.09. The van der Waals surface area contributed by atoms with Gasteiger partial charge < -0.3 is 5.32 Å². The Morgan fingerprint density at radius 1 is 1.29 bits per heavy atom. The molecular weight excluding hydrogens is 176 g/mol. The molecule has 14 heavy (non-hydrogen) atoms. The maximum Gasteiger partial charge on any atom is 0.206 e. The van der Waals surface area contributed by atoms with Gasteiger partial charge >= 0.3 is 0 Å². The molecule has 2 aliphatic rings. The van der Waals surface area contributed by atoms with E-state index in [0.29, 0.717) is 12.1 Å². The Morgan fingerprint density at radius 2 is 2.07 bits per heavy atom. The van der Waals surface area contributed by atoms with E-state index in [4.69, 9.17) is 5.84 Å². The first-order chi connectivity index (χ1) is 6.78. The summed E-state index contributed by atoms with van der Waals surface area (Å²) in [5.41, 5.74) is 2.65. The van der Waals surface area contributed by atoms with Crippen molar-refractivity contribution in [2.45, 2.75) is 51.1 Å². The van der Waals surface area contributed by atoms with Gasteiger partial charge in [-0.15, -0.1) is 0 Å². The topological polar surface area (TPSA) is 62.4 Å². The summed E-state index contributed by atoms with van der Waals surface area (Å²) < 4.78 is 0. The lowest BCUT2D eigenvalue weighted by atomic mass is 10.1. The number of rotatable bonds is 2. The zero-order valence-corrected chi connectivity index (χ0v) is 8.79.